The molecule has 0 amide bonds. The van der Waals surface area contributed by atoms with Gasteiger partial charge >= 0.3 is 0 Å². The minimum absolute atomic E-state index is 1.06. The van der Waals surface area contributed by atoms with Gasteiger partial charge in [-0.1, -0.05) is 59.9 Å². The van der Waals surface area contributed by atoms with E-state index in [4.69, 9.17) is 0 Å². The zero-order valence-corrected chi connectivity index (χ0v) is 18.3. The maximum atomic E-state index is 3.51. The van der Waals surface area contributed by atoms with Gasteiger partial charge in [0, 0.05) is 26.0 Å². The summed E-state index contributed by atoms with van der Waals surface area (Å²) in [6, 6.07) is 16.6. The first kappa shape index (κ1) is 19.2. The van der Waals surface area contributed by atoms with E-state index in [-0.39, 0.29) is 0 Å². The topological polar surface area (TPSA) is 3.24 Å². The molecule has 0 saturated heterocycles. The van der Waals surface area contributed by atoms with Crippen LogP contribution >= 0.6 is 47.8 Å². The molecule has 0 saturated carbocycles. The van der Waals surface area contributed by atoms with Crippen molar-refractivity contribution < 1.29 is 0 Å². The fraction of sp³-hybridized carbons (Fsp3) is 0.100. The van der Waals surface area contributed by atoms with Crippen LogP contribution in [0.1, 0.15) is 13.8 Å². The third-order valence-corrected chi connectivity index (χ3v) is 4.57. The lowest BCUT2D eigenvalue weighted by atomic mass is 10.2. The second kappa shape index (κ2) is 9.40. The molecule has 0 aliphatic heterocycles. The quantitative estimate of drug-likeness (QED) is 0.366. The highest BCUT2D eigenvalue weighted by atomic mass is 79.9. The average Bonchev–Trinajstić information content (AvgIpc) is 2.56. The van der Waals surface area contributed by atoms with Crippen molar-refractivity contribution in [3.8, 4) is 0 Å². The first-order valence-corrected chi connectivity index (χ1v) is 9.87. The molecule has 0 aliphatic rings. The van der Waals surface area contributed by atoms with Gasteiger partial charge in [0.25, 0.3) is 0 Å². The van der Waals surface area contributed by atoms with E-state index in [1.165, 1.54) is 0 Å². The van der Waals surface area contributed by atoms with Gasteiger partial charge in [0.1, 0.15) is 0 Å². The lowest BCUT2D eigenvalue weighted by Gasteiger charge is -2.26. The lowest BCUT2D eigenvalue weighted by Crippen LogP contribution is -2.15. The molecular weight excluding hydrogens is 494 g/mol. The summed E-state index contributed by atoms with van der Waals surface area (Å²) >= 11 is 10.5. The van der Waals surface area contributed by atoms with Crippen LogP contribution in [0.2, 0.25) is 0 Å². The van der Waals surface area contributed by atoms with Gasteiger partial charge in [-0.2, -0.15) is 0 Å². The molecule has 24 heavy (non-hydrogen) atoms. The molecular formula is C20H18Br3N. The van der Waals surface area contributed by atoms with E-state index in [0.29, 0.717) is 0 Å². The monoisotopic (exact) mass is 509 g/mol. The smallest absolute Gasteiger partial charge is 0.0462 e. The van der Waals surface area contributed by atoms with Crippen molar-refractivity contribution in [3.63, 3.8) is 0 Å². The number of rotatable bonds is 5. The Morgan fingerprint density at radius 1 is 0.833 bits per heavy atom. The molecule has 0 atom stereocenters. The minimum Gasteiger partial charge on any atom is -0.311 e. The van der Waals surface area contributed by atoms with Crippen LogP contribution in [0.25, 0.3) is 0 Å². The number of benzene rings is 2. The van der Waals surface area contributed by atoms with E-state index in [9.17, 15) is 0 Å². The number of hydrogen-bond donors (Lipinski definition) is 0. The predicted molar refractivity (Wildman–Crippen MR) is 116 cm³/mol. The molecule has 0 unspecified atom stereocenters. The van der Waals surface area contributed by atoms with Gasteiger partial charge in [-0.3, -0.25) is 0 Å². The van der Waals surface area contributed by atoms with Gasteiger partial charge in [-0.25, -0.2) is 0 Å². The van der Waals surface area contributed by atoms with E-state index in [0.717, 1.165) is 30.5 Å². The molecule has 2 aromatic rings. The van der Waals surface area contributed by atoms with Crippen LogP contribution in [0.4, 0.5) is 11.4 Å². The summed E-state index contributed by atoms with van der Waals surface area (Å²) in [5, 5.41) is 0. The Balaban J connectivity index is 2.59. The van der Waals surface area contributed by atoms with Crippen molar-refractivity contribution in [2.45, 2.75) is 13.8 Å². The summed E-state index contributed by atoms with van der Waals surface area (Å²) in [6.45, 7) is 4.05. The second-order valence-electron chi connectivity index (χ2n) is 5.13. The molecule has 0 aromatic heterocycles. The third-order valence-electron chi connectivity index (χ3n) is 3.25. The van der Waals surface area contributed by atoms with Crippen LogP contribution in [0.15, 0.2) is 92.0 Å². The Hall–Kier alpha value is -1.10. The number of hydrogen-bond acceptors (Lipinski definition) is 1. The summed E-state index contributed by atoms with van der Waals surface area (Å²) in [5.41, 5.74) is 3.29. The molecule has 4 heteroatoms. The van der Waals surface area contributed by atoms with Crippen LogP contribution in [0.5, 0.6) is 0 Å². The van der Waals surface area contributed by atoms with Gasteiger partial charge in [0.05, 0.1) is 0 Å². The van der Waals surface area contributed by atoms with Gasteiger partial charge in [0.15, 0.2) is 0 Å². The standard InChI is InChI=1S/C20H18Br3N/c1-3-4-18(10-5-15(2)21)24(19-11-6-16(22)7-12-19)20-13-8-17(23)9-14-20/h3-14H,1-2H3/b4-3-,15-5+,18-10+. The fourth-order valence-electron chi connectivity index (χ4n) is 2.20. The Labute approximate surface area is 169 Å². The van der Waals surface area contributed by atoms with E-state index in [1.807, 2.05) is 19.9 Å². The summed E-state index contributed by atoms with van der Waals surface area (Å²) in [6.07, 6.45) is 8.32. The van der Waals surface area contributed by atoms with E-state index < -0.39 is 0 Å². The molecule has 0 radical (unpaired) electrons. The molecule has 1 nitrogen and oxygen atoms in total. The SMILES string of the molecule is C\C=C/C(=C\C=C(/C)Br)N(c1ccc(Br)cc1)c1ccc(Br)cc1. The normalized spacial score (nSPS) is 12.7. The average molecular weight is 512 g/mol. The predicted octanol–water partition coefficient (Wildman–Crippen LogP) is 8.11. The summed E-state index contributed by atoms with van der Waals surface area (Å²) in [5.74, 6) is 0. The summed E-state index contributed by atoms with van der Waals surface area (Å²) in [4.78, 5) is 2.23. The van der Waals surface area contributed by atoms with E-state index in [1.54, 1.807) is 0 Å². The second-order valence-corrected chi connectivity index (χ2v) is 8.22. The Morgan fingerprint density at radius 3 is 1.67 bits per heavy atom. The molecule has 2 aromatic carbocycles. The highest BCUT2D eigenvalue weighted by Crippen LogP contribution is 2.32. The van der Waals surface area contributed by atoms with Crippen molar-refractivity contribution in [3.05, 3.63) is 92.0 Å². The van der Waals surface area contributed by atoms with Crippen molar-refractivity contribution in [1.29, 1.82) is 0 Å². The third kappa shape index (κ3) is 5.47. The van der Waals surface area contributed by atoms with Crippen LogP contribution in [-0.2, 0) is 0 Å². The van der Waals surface area contributed by atoms with Crippen LogP contribution in [0.3, 0.4) is 0 Å². The van der Waals surface area contributed by atoms with Crippen LogP contribution in [0, 0.1) is 0 Å². The molecule has 0 spiro atoms. The largest absolute Gasteiger partial charge is 0.311 e. The number of halogens is 3. The Morgan fingerprint density at radius 2 is 1.29 bits per heavy atom. The minimum atomic E-state index is 1.06. The zero-order valence-electron chi connectivity index (χ0n) is 13.5. The van der Waals surface area contributed by atoms with Gasteiger partial charge in [0.2, 0.25) is 0 Å². The van der Waals surface area contributed by atoms with Gasteiger partial charge in [-0.15, -0.1) is 0 Å². The van der Waals surface area contributed by atoms with Gasteiger partial charge < -0.3 is 4.90 Å². The molecule has 0 aliphatic carbocycles. The molecule has 2 rings (SSSR count). The Bertz CT molecular complexity index is 707. The maximum Gasteiger partial charge on any atom is 0.0462 e. The molecule has 0 N–H and O–H groups in total. The first-order chi connectivity index (χ1) is 11.5. The number of allylic oxidation sites excluding steroid dienone is 5. The summed E-state index contributed by atoms with van der Waals surface area (Å²) < 4.78 is 3.21. The van der Waals surface area contributed by atoms with Gasteiger partial charge in [-0.05, 0) is 79.0 Å². The molecule has 0 bridgehead atoms. The first-order valence-electron chi connectivity index (χ1n) is 7.49. The molecule has 0 fully saturated rings. The zero-order chi connectivity index (χ0) is 17.5. The lowest BCUT2D eigenvalue weighted by molar-refractivity contribution is 1.20. The van der Waals surface area contributed by atoms with Crippen molar-refractivity contribution >= 4 is 59.2 Å². The molecule has 124 valence electrons. The Kier molecular flexibility index (Phi) is 7.53. The highest BCUT2D eigenvalue weighted by Gasteiger charge is 2.12. The van der Waals surface area contributed by atoms with Crippen molar-refractivity contribution in [2.75, 3.05) is 4.90 Å². The van der Waals surface area contributed by atoms with Crippen molar-refractivity contribution in [1.82, 2.24) is 0 Å². The summed E-state index contributed by atoms with van der Waals surface area (Å²) in [7, 11) is 0. The molecule has 0 heterocycles. The fourth-order valence-corrected chi connectivity index (χ4v) is 2.86. The maximum absolute atomic E-state index is 3.51. The number of nitrogens with zero attached hydrogens (tertiary/aromatic N) is 1. The van der Waals surface area contributed by atoms with Crippen LogP contribution < -0.4 is 4.90 Å². The van der Waals surface area contributed by atoms with E-state index in [2.05, 4.69) is 119 Å². The van der Waals surface area contributed by atoms with E-state index >= 15 is 0 Å². The highest BCUT2D eigenvalue weighted by molar-refractivity contribution is 9.11. The van der Waals surface area contributed by atoms with Crippen LogP contribution in [-0.4, -0.2) is 0 Å². The number of anilines is 2. The van der Waals surface area contributed by atoms with Crippen molar-refractivity contribution in [2.24, 2.45) is 0 Å².